The second-order valence-corrected chi connectivity index (χ2v) is 6.90. The molecule has 0 radical (unpaired) electrons. The van der Waals surface area contributed by atoms with Gasteiger partial charge in [0.05, 0.1) is 4.92 Å². The van der Waals surface area contributed by atoms with Crippen LogP contribution in [0.5, 0.6) is 0 Å². The van der Waals surface area contributed by atoms with Crippen molar-refractivity contribution in [3.63, 3.8) is 0 Å². The lowest BCUT2D eigenvalue weighted by molar-refractivity contribution is -0.384. The van der Waals surface area contributed by atoms with Crippen LogP contribution in [0.4, 0.5) is 5.69 Å². The molecule has 0 bridgehead atoms. The van der Waals surface area contributed by atoms with Crippen LogP contribution in [0.1, 0.15) is 52.1 Å². The molecule has 0 amide bonds. The molecule has 1 fully saturated rings. The van der Waals surface area contributed by atoms with E-state index >= 15 is 0 Å². The van der Waals surface area contributed by atoms with E-state index in [-0.39, 0.29) is 16.7 Å². The highest BCUT2D eigenvalue weighted by Crippen LogP contribution is 2.41. The highest BCUT2D eigenvalue weighted by Gasteiger charge is 2.37. The monoisotopic (exact) mass is 276 g/mol. The van der Waals surface area contributed by atoms with E-state index in [1.807, 2.05) is 6.07 Å². The molecule has 1 N–H and O–H groups in total. The minimum absolute atomic E-state index is 0.135. The van der Waals surface area contributed by atoms with Gasteiger partial charge in [-0.1, -0.05) is 32.9 Å². The van der Waals surface area contributed by atoms with Crippen molar-refractivity contribution < 1.29 is 4.92 Å². The fourth-order valence-electron chi connectivity index (χ4n) is 3.44. The summed E-state index contributed by atoms with van der Waals surface area (Å²) in [4.78, 5) is 10.5. The lowest BCUT2D eigenvalue weighted by atomic mass is 9.91. The Morgan fingerprint density at radius 3 is 2.65 bits per heavy atom. The first-order valence-corrected chi connectivity index (χ1v) is 7.29. The maximum atomic E-state index is 10.8. The zero-order chi connectivity index (χ0) is 14.9. The first-order chi connectivity index (χ1) is 9.28. The highest BCUT2D eigenvalue weighted by molar-refractivity contribution is 5.35. The van der Waals surface area contributed by atoms with Crippen LogP contribution in [-0.2, 0) is 0 Å². The van der Waals surface area contributed by atoms with Gasteiger partial charge >= 0.3 is 0 Å². The van der Waals surface area contributed by atoms with E-state index in [4.69, 9.17) is 0 Å². The van der Waals surface area contributed by atoms with E-state index in [1.54, 1.807) is 12.1 Å². The van der Waals surface area contributed by atoms with Crippen molar-refractivity contribution in [2.45, 2.75) is 52.6 Å². The Labute approximate surface area is 120 Å². The molecule has 4 heteroatoms. The van der Waals surface area contributed by atoms with E-state index in [2.05, 4.69) is 33.0 Å². The number of non-ortho nitro benzene ring substituents is 1. The predicted molar refractivity (Wildman–Crippen MR) is 80.6 cm³/mol. The van der Waals surface area contributed by atoms with Crippen molar-refractivity contribution in [1.82, 2.24) is 5.32 Å². The Balaban J connectivity index is 2.07. The molecule has 4 nitrogen and oxygen atoms in total. The summed E-state index contributed by atoms with van der Waals surface area (Å²) in [5, 5.41) is 14.5. The van der Waals surface area contributed by atoms with Gasteiger partial charge in [-0.2, -0.15) is 0 Å². The van der Waals surface area contributed by atoms with Gasteiger partial charge in [-0.15, -0.1) is 0 Å². The Hall–Kier alpha value is -1.42. The molecular weight excluding hydrogens is 252 g/mol. The summed E-state index contributed by atoms with van der Waals surface area (Å²) in [5.41, 5.74) is 1.53. The van der Waals surface area contributed by atoms with Crippen LogP contribution in [0.2, 0.25) is 0 Å². The average molecular weight is 276 g/mol. The van der Waals surface area contributed by atoms with Crippen molar-refractivity contribution >= 4 is 5.69 Å². The Kier molecular flexibility index (Phi) is 4.14. The van der Waals surface area contributed by atoms with Crippen molar-refractivity contribution in [3.05, 3.63) is 39.9 Å². The fraction of sp³-hybridized carbons (Fsp3) is 0.625. The quantitative estimate of drug-likeness (QED) is 0.666. The number of rotatable bonds is 4. The molecule has 1 aliphatic rings. The molecule has 1 aromatic rings. The zero-order valence-electron chi connectivity index (χ0n) is 12.7. The van der Waals surface area contributed by atoms with Crippen LogP contribution >= 0.6 is 0 Å². The summed E-state index contributed by atoms with van der Waals surface area (Å²) >= 11 is 0. The second kappa shape index (κ2) is 5.52. The van der Waals surface area contributed by atoms with Crippen LogP contribution in [0, 0.1) is 21.4 Å². The van der Waals surface area contributed by atoms with Gasteiger partial charge in [0.15, 0.2) is 0 Å². The standard InChI is InChI=1S/C16H24N2O2/c1-11-9-16(3,4)10-15(11)17-12(2)13-6-5-7-14(8-13)18(19)20/h5-8,11-12,15,17H,9-10H2,1-4H3. The molecule has 1 saturated carbocycles. The Bertz CT molecular complexity index is 499. The third kappa shape index (κ3) is 3.37. The van der Waals surface area contributed by atoms with E-state index in [0.717, 1.165) is 12.0 Å². The van der Waals surface area contributed by atoms with Crippen LogP contribution in [-0.4, -0.2) is 11.0 Å². The largest absolute Gasteiger partial charge is 0.307 e. The summed E-state index contributed by atoms with van der Waals surface area (Å²) in [6.45, 7) is 8.98. The maximum absolute atomic E-state index is 10.8. The molecule has 0 spiro atoms. The fourth-order valence-corrected chi connectivity index (χ4v) is 3.44. The summed E-state index contributed by atoms with van der Waals surface area (Å²) in [7, 11) is 0. The minimum Gasteiger partial charge on any atom is -0.307 e. The SMILES string of the molecule is CC(NC1CC(C)(C)CC1C)c1cccc([N+](=O)[O-])c1. The van der Waals surface area contributed by atoms with E-state index < -0.39 is 0 Å². The summed E-state index contributed by atoms with van der Waals surface area (Å²) in [6.07, 6.45) is 2.39. The molecule has 1 aliphatic carbocycles. The zero-order valence-corrected chi connectivity index (χ0v) is 12.7. The number of benzene rings is 1. The van der Waals surface area contributed by atoms with Crippen LogP contribution in [0.15, 0.2) is 24.3 Å². The summed E-state index contributed by atoms with van der Waals surface area (Å²) < 4.78 is 0. The molecule has 1 aromatic carbocycles. The predicted octanol–water partition coefficient (Wildman–Crippen LogP) is 4.07. The summed E-state index contributed by atoms with van der Waals surface area (Å²) in [6, 6.07) is 7.54. The molecule has 2 rings (SSSR count). The van der Waals surface area contributed by atoms with Crippen LogP contribution < -0.4 is 5.32 Å². The molecule has 3 unspecified atom stereocenters. The molecular formula is C16H24N2O2. The van der Waals surface area contributed by atoms with Gasteiger partial charge < -0.3 is 5.32 Å². The molecule has 0 heterocycles. The van der Waals surface area contributed by atoms with Gasteiger partial charge in [0.2, 0.25) is 0 Å². The van der Waals surface area contributed by atoms with Crippen LogP contribution in [0.3, 0.4) is 0 Å². The van der Waals surface area contributed by atoms with E-state index in [0.29, 0.717) is 17.4 Å². The van der Waals surface area contributed by atoms with E-state index in [9.17, 15) is 10.1 Å². The lowest BCUT2D eigenvalue weighted by Crippen LogP contribution is -2.33. The number of nitro groups is 1. The Morgan fingerprint density at radius 2 is 2.10 bits per heavy atom. The van der Waals surface area contributed by atoms with E-state index in [1.165, 1.54) is 12.5 Å². The third-order valence-corrected chi connectivity index (χ3v) is 4.38. The first-order valence-electron chi connectivity index (χ1n) is 7.29. The number of nitrogens with zero attached hydrogens (tertiary/aromatic N) is 1. The minimum atomic E-state index is -0.336. The lowest BCUT2D eigenvalue weighted by Gasteiger charge is -2.23. The van der Waals surface area contributed by atoms with Crippen molar-refractivity contribution in [1.29, 1.82) is 0 Å². The molecule has 20 heavy (non-hydrogen) atoms. The van der Waals surface area contributed by atoms with Gasteiger partial charge in [0.1, 0.15) is 0 Å². The Morgan fingerprint density at radius 1 is 1.40 bits per heavy atom. The molecule has 3 atom stereocenters. The maximum Gasteiger partial charge on any atom is 0.269 e. The molecule has 110 valence electrons. The normalized spacial score (nSPS) is 26.4. The first kappa shape index (κ1) is 15.0. The van der Waals surface area contributed by atoms with Crippen molar-refractivity contribution in [2.75, 3.05) is 0 Å². The second-order valence-electron chi connectivity index (χ2n) is 6.90. The molecule has 0 saturated heterocycles. The third-order valence-electron chi connectivity index (χ3n) is 4.38. The number of hydrogen-bond acceptors (Lipinski definition) is 3. The average Bonchev–Trinajstić information content (AvgIpc) is 2.62. The highest BCUT2D eigenvalue weighted by atomic mass is 16.6. The number of nitro benzene ring substituents is 1. The van der Waals surface area contributed by atoms with Gasteiger partial charge in [-0.05, 0) is 36.7 Å². The molecule has 0 aliphatic heterocycles. The van der Waals surface area contributed by atoms with Gasteiger partial charge in [0, 0.05) is 24.2 Å². The topological polar surface area (TPSA) is 55.2 Å². The smallest absolute Gasteiger partial charge is 0.269 e. The van der Waals surface area contributed by atoms with Crippen molar-refractivity contribution in [3.8, 4) is 0 Å². The number of nitrogens with one attached hydrogen (secondary N) is 1. The van der Waals surface area contributed by atoms with Crippen molar-refractivity contribution in [2.24, 2.45) is 11.3 Å². The van der Waals surface area contributed by atoms with Gasteiger partial charge in [-0.25, -0.2) is 0 Å². The molecule has 0 aromatic heterocycles. The van der Waals surface area contributed by atoms with Gasteiger partial charge in [-0.3, -0.25) is 10.1 Å². The summed E-state index contributed by atoms with van der Waals surface area (Å²) in [5.74, 6) is 0.645. The van der Waals surface area contributed by atoms with Gasteiger partial charge in [0.25, 0.3) is 5.69 Å². The number of hydrogen-bond donors (Lipinski definition) is 1. The van der Waals surface area contributed by atoms with Crippen LogP contribution in [0.25, 0.3) is 0 Å².